The number of halogens is 1. The lowest BCUT2D eigenvalue weighted by atomic mass is 9.90. The number of hydrogen-bond donors (Lipinski definition) is 1. The zero-order chi connectivity index (χ0) is 12.7. The zero-order valence-corrected chi connectivity index (χ0v) is 10.5. The van der Waals surface area contributed by atoms with Crippen LogP contribution in [0.4, 0.5) is 4.39 Å². The highest BCUT2D eigenvalue weighted by atomic mass is 19.1. The molecule has 3 heteroatoms. The number of benzene rings is 1. The van der Waals surface area contributed by atoms with Gasteiger partial charge in [0.1, 0.15) is 5.82 Å². The molecule has 0 aliphatic rings. The van der Waals surface area contributed by atoms with Crippen molar-refractivity contribution in [2.75, 3.05) is 6.54 Å². The van der Waals surface area contributed by atoms with Gasteiger partial charge in [-0.25, -0.2) is 4.39 Å². The number of nitrogens with one attached hydrogen (secondary N) is 1. The van der Waals surface area contributed by atoms with Crippen LogP contribution < -0.4 is 5.32 Å². The largest absolute Gasteiger partial charge is 0.313 e. The second-order valence-corrected chi connectivity index (χ2v) is 4.90. The van der Waals surface area contributed by atoms with Crippen LogP contribution in [0.2, 0.25) is 0 Å². The first-order valence-corrected chi connectivity index (χ1v) is 5.90. The number of nitrogens with zero attached hydrogens (tertiary/aromatic N) is 1. The van der Waals surface area contributed by atoms with E-state index in [-0.39, 0.29) is 11.2 Å². The highest BCUT2D eigenvalue weighted by Gasteiger charge is 2.15. The number of rotatable bonds is 6. The third-order valence-electron chi connectivity index (χ3n) is 2.70. The molecule has 92 valence electrons. The minimum atomic E-state index is -0.239. The fraction of sp³-hybridized carbons (Fsp3) is 0.500. The summed E-state index contributed by atoms with van der Waals surface area (Å²) in [5.74, 6) is -0.204. The molecule has 0 aromatic heterocycles. The van der Waals surface area contributed by atoms with Crippen LogP contribution in [0.5, 0.6) is 0 Å². The standard InChI is InChI=1S/C14H19FN2/c1-14(2,11-16)8-3-9-17-10-12-4-6-13(15)7-5-12/h4-7,17H,3,8-10H2,1-2H3. The molecule has 0 saturated heterocycles. The molecule has 0 atom stereocenters. The second kappa shape index (κ2) is 6.36. The van der Waals surface area contributed by atoms with E-state index in [2.05, 4.69) is 11.4 Å². The molecule has 1 aromatic carbocycles. The predicted molar refractivity (Wildman–Crippen MR) is 66.7 cm³/mol. The molecule has 0 saturated carbocycles. The average molecular weight is 234 g/mol. The van der Waals surface area contributed by atoms with Crippen LogP contribution in [0.15, 0.2) is 24.3 Å². The molecule has 0 radical (unpaired) electrons. The minimum Gasteiger partial charge on any atom is -0.313 e. The number of nitriles is 1. The first-order chi connectivity index (χ1) is 8.03. The lowest BCUT2D eigenvalue weighted by molar-refractivity contribution is 0.426. The maximum absolute atomic E-state index is 12.6. The van der Waals surface area contributed by atoms with Gasteiger partial charge < -0.3 is 5.32 Å². The van der Waals surface area contributed by atoms with E-state index in [0.717, 1.165) is 31.5 Å². The van der Waals surface area contributed by atoms with Gasteiger partial charge in [0.2, 0.25) is 0 Å². The maximum Gasteiger partial charge on any atom is 0.123 e. The summed E-state index contributed by atoms with van der Waals surface area (Å²) in [6.07, 6.45) is 1.86. The quantitative estimate of drug-likeness (QED) is 0.767. The van der Waals surface area contributed by atoms with Crippen molar-refractivity contribution < 1.29 is 4.39 Å². The minimum absolute atomic E-state index is 0.204. The van der Waals surface area contributed by atoms with Crippen LogP contribution in [-0.2, 0) is 6.54 Å². The first-order valence-electron chi connectivity index (χ1n) is 5.90. The van der Waals surface area contributed by atoms with Crippen LogP contribution >= 0.6 is 0 Å². The topological polar surface area (TPSA) is 35.8 Å². The molecule has 0 heterocycles. The van der Waals surface area contributed by atoms with Gasteiger partial charge in [0.15, 0.2) is 0 Å². The lowest BCUT2D eigenvalue weighted by Gasteiger charge is -2.14. The van der Waals surface area contributed by atoms with E-state index in [0.29, 0.717) is 0 Å². The molecule has 0 spiro atoms. The zero-order valence-electron chi connectivity index (χ0n) is 10.5. The molecule has 0 aliphatic heterocycles. The highest BCUT2D eigenvalue weighted by molar-refractivity contribution is 5.15. The van der Waals surface area contributed by atoms with Gasteiger partial charge >= 0.3 is 0 Å². The van der Waals surface area contributed by atoms with Crippen molar-refractivity contribution in [1.82, 2.24) is 5.32 Å². The fourth-order valence-corrected chi connectivity index (χ4v) is 1.55. The van der Waals surface area contributed by atoms with Gasteiger partial charge in [-0.05, 0) is 50.9 Å². The Morgan fingerprint density at radius 1 is 1.29 bits per heavy atom. The smallest absolute Gasteiger partial charge is 0.123 e. The molecule has 0 bridgehead atoms. The van der Waals surface area contributed by atoms with E-state index in [1.807, 2.05) is 13.8 Å². The van der Waals surface area contributed by atoms with Gasteiger partial charge in [-0.2, -0.15) is 5.26 Å². The fourth-order valence-electron chi connectivity index (χ4n) is 1.55. The maximum atomic E-state index is 12.6. The van der Waals surface area contributed by atoms with Gasteiger partial charge in [0.25, 0.3) is 0 Å². The molecule has 0 aliphatic carbocycles. The van der Waals surface area contributed by atoms with Crippen LogP contribution in [0.1, 0.15) is 32.3 Å². The predicted octanol–water partition coefficient (Wildman–Crippen LogP) is 3.25. The summed E-state index contributed by atoms with van der Waals surface area (Å²) in [6.45, 7) is 5.52. The summed E-state index contributed by atoms with van der Waals surface area (Å²) in [5, 5.41) is 12.1. The summed E-state index contributed by atoms with van der Waals surface area (Å²) in [5.41, 5.74) is 0.836. The SMILES string of the molecule is CC(C)(C#N)CCCNCc1ccc(F)cc1. The van der Waals surface area contributed by atoms with Crippen molar-refractivity contribution in [1.29, 1.82) is 5.26 Å². The van der Waals surface area contributed by atoms with Gasteiger partial charge in [-0.15, -0.1) is 0 Å². The molecular weight excluding hydrogens is 215 g/mol. The Labute approximate surface area is 102 Å². The van der Waals surface area contributed by atoms with Crippen molar-refractivity contribution in [3.63, 3.8) is 0 Å². The van der Waals surface area contributed by atoms with Crippen LogP contribution in [0.3, 0.4) is 0 Å². The van der Waals surface area contributed by atoms with Crippen molar-refractivity contribution >= 4 is 0 Å². The summed E-state index contributed by atoms with van der Waals surface area (Å²) in [4.78, 5) is 0. The molecule has 1 rings (SSSR count). The Morgan fingerprint density at radius 2 is 1.94 bits per heavy atom. The third-order valence-corrected chi connectivity index (χ3v) is 2.70. The first kappa shape index (κ1) is 13.7. The van der Waals surface area contributed by atoms with E-state index >= 15 is 0 Å². The Morgan fingerprint density at radius 3 is 2.53 bits per heavy atom. The Bertz CT molecular complexity index is 376. The van der Waals surface area contributed by atoms with Crippen LogP contribution in [0, 0.1) is 22.6 Å². The molecule has 1 aromatic rings. The van der Waals surface area contributed by atoms with E-state index in [9.17, 15) is 4.39 Å². The second-order valence-electron chi connectivity index (χ2n) is 4.90. The molecule has 17 heavy (non-hydrogen) atoms. The Kier molecular flexibility index (Phi) is 5.11. The van der Waals surface area contributed by atoms with Crippen molar-refractivity contribution in [2.45, 2.75) is 33.2 Å². The van der Waals surface area contributed by atoms with Gasteiger partial charge in [0.05, 0.1) is 11.5 Å². The summed E-state index contributed by atoms with van der Waals surface area (Å²) in [6, 6.07) is 8.78. The monoisotopic (exact) mass is 234 g/mol. The summed E-state index contributed by atoms with van der Waals surface area (Å²) < 4.78 is 12.6. The van der Waals surface area contributed by atoms with Crippen LogP contribution in [-0.4, -0.2) is 6.54 Å². The molecular formula is C14H19FN2. The normalized spacial score (nSPS) is 11.2. The molecule has 0 unspecified atom stereocenters. The molecule has 1 N–H and O–H groups in total. The van der Waals surface area contributed by atoms with Crippen molar-refractivity contribution in [3.05, 3.63) is 35.6 Å². The third kappa shape index (κ3) is 5.46. The van der Waals surface area contributed by atoms with Gasteiger partial charge in [0, 0.05) is 6.54 Å². The molecule has 2 nitrogen and oxygen atoms in total. The molecule has 0 amide bonds. The van der Waals surface area contributed by atoms with Crippen LogP contribution in [0.25, 0.3) is 0 Å². The van der Waals surface area contributed by atoms with E-state index < -0.39 is 0 Å². The molecule has 0 fully saturated rings. The highest BCUT2D eigenvalue weighted by Crippen LogP contribution is 2.19. The van der Waals surface area contributed by atoms with Gasteiger partial charge in [-0.1, -0.05) is 12.1 Å². The van der Waals surface area contributed by atoms with Gasteiger partial charge in [-0.3, -0.25) is 0 Å². The van der Waals surface area contributed by atoms with E-state index in [4.69, 9.17) is 5.26 Å². The summed E-state index contributed by atoms with van der Waals surface area (Å²) >= 11 is 0. The Hall–Kier alpha value is -1.40. The number of hydrogen-bond acceptors (Lipinski definition) is 2. The van der Waals surface area contributed by atoms with Crippen molar-refractivity contribution in [2.24, 2.45) is 5.41 Å². The lowest BCUT2D eigenvalue weighted by Crippen LogP contribution is -2.17. The van der Waals surface area contributed by atoms with E-state index in [1.165, 1.54) is 12.1 Å². The Balaban J connectivity index is 2.17. The average Bonchev–Trinajstić information content (AvgIpc) is 2.31. The summed E-state index contributed by atoms with van der Waals surface area (Å²) in [7, 11) is 0. The van der Waals surface area contributed by atoms with E-state index in [1.54, 1.807) is 12.1 Å². The van der Waals surface area contributed by atoms with Crippen molar-refractivity contribution in [3.8, 4) is 6.07 Å².